The maximum atomic E-state index is 12.6. The molecule has 21 heavy (non-hydrogen) atoms. The molecule has 106 valence electrons. The Bertz CT molecular complexity index is 724. The fraction of sp³-hybridized carbons (Fsp3) is 0.235. The second-order valence-electron chi connectivity index (χ2n) is 5.35. The first kappa shape index (κ1) is 13.6. The molecular weight excluding hydrogens is 268 g/mol. The van der Waals surface area contributed by atoms with Crippen LogP contribution in [0.1, 0.15) is 34.1 Å². The highest BCUT2D eigenvalue weighted by Gasteiger charge is 2.37. The number of carbonyl (C=O) groups excluding carboxylic acids is 3. The Morgan fingerprint density at radius 2 is 1.71 bits per heavy atom. The molecule has 2 atom stereocenters. The van der Waals surface area contributed by atoms with Crippen LogP contribution < -0.4 is 0 Å². The van der Waals surface area contributed by atoms with Crippen LogP contribution in [-0.4, -0.2) is 28.6 Å². The number of benzene rings is 1. The van der Waals surface area contributed by atoms with Crippen LogP contribution in [0.5, 0.6) is 0 Å². The molecule has 1 N–H and O–H groups in total. The number of ketones is 3. The Morgan fingerprint density at radius 3 is 2.33 bits per heavy atom. The van der Waals surface area contributed by atoms with Gasteiger partial charge in [0, 0.05) is 28.2 Å². The third-order valence-electron chi connectivity index (χ3n) is 4.03. The molecule has 4 nitrogen and oxygen atoms in total. The van der Waals surface area contributed by atoms with Crippen LogP contribution in [0.4, 0.5) is 0 Å². The summed E-state index contributed by atoms with van der Waals surface area (Å²) >= 11 is 0. The number of hydrogen-bond donors (Lipinski definition) is 1. The number of aliphatic hydroxyl groups excluding tert-OH is 1. The monoisotopic (exact) mass is 282 g/mol. The highest BCUT2D eigenvalue weighted by Crippen LogP contribution is 2.34. The summed E-state index contributed by atoms with van der Waals surface area (Å²) in [6.07, 6.45) is 2.02. The van der Waals surface area contributed by atoms with Crippen LogP contribution in [0, 0.1) is 5.92 Å². The van der Waals surface area contributed by atoms with Crippen molar-refractivity contribution in [3.63, 3.8) is 0 Å². The quantitative estimate of drug-likeness (QED) is 0.798. The van der Waals surface area contributed by atoms with E-state index in [1.807, 2.05) is 0 Å². The number of hydrogen-bond acceptors (Lipinski definition) is 4. The van der Waals surface area contributed by atoms with Gasteiger partial charge >= 0.3 is 0 Å². The molecule has 0 bridgehead atoms. The Balaban J connectivity index is 2.17. The van der Waals surface area contributed by atoms with Crippen molar-refractivity contribution in [2.45, 2.75) is 19.4 Å². The lowest BCUT2D eigenvalue weighted by Crippen LogP contribution is -2.28. The molecule has 0 fully saturated rings. The summed E-state index contributed by atoms with van der Waals surface area (Å²) in [7, 11) is 0. The topological polar surface area (TPSA) is 71.4 Å². The minimum atomic E-state index is -1.14. The van der Waals surface area contributed by atoms with E-state index in [1.54, 1.807) is 30.3 Å². The van der Waals surface area contributed by atoms with E-state index >= 15 is 0 Å². The Hall–Kier alpha value is -2.33. The lowest BCUT2D eigenvalue weighted by atomic mass is 9.80. The highest BCUT2D eigenvalue weighted by atomic mass is 16.3. The molecule has 0 heterocycles. The Labute approximate surface area is 121 Å². The first-order valence-corrected chi connectivity index (χ1v) is 6.79. The molecule has 1 aromatic carbocycles. The van der Waals surface area contributed by atoms with Crippen LogP contribution in [-0.2, 0) is 4.79 Å². The predicted octanol–water partition coefficient (Wildman–Crippen LogP) is 1.89. The molecule has 0 spiro atoms. The van der Waals surface area contributed by atoms with E-state index in [-0.39, 0.29) is 34.9 Å². The zero-order chi connectivity index (χ0) is 15.1. The summed E-state index contributed by atoms with van der Waals surface area (Å²) in [5.41, 5.74) is 1.03. The summed E-state index contributed by atoms with van der Waals surface area (Å²) in [5, 5.41) is 10.2. The summed E-state index contributed by atoms with van der Waals surface area (Å²) in [6, 6.07) is 6.58. The molecule has 0 saturated heterocycles. The molecule has 0 amide bonds. The lowest BCUT2D eigenvalue weighted by Gasteiger charge is -2.22. The van der Waals surface area contributed by atoms with Gasteiger partial charge in [-0.15, -0.1) is 0 Å². The summed E-state index contributed by atoms with van der Waals surface area (Å²) in [5.74, 6) is -1.17. The van der Waals surface area contributed by atoms with Gasteiger partial charge in [0.05, 0.1) is 0 Å². The highest BCUT2D eigenvalue weighted by molar-refractivity contribution is 6.27. The molecule has 3 rings (SSSR count). The maximum Gasteiger partial charge on any atom is 0.193 e. The smallest absolute Gasteiger partial charge is 0.193 e. The van der Waals surface area contributed by atoms with E-state index in [2.05, 4.69) is 0 Å². The van der Waals surface area contributed by atoms with Crippen LogP contribution in [0.25, 0.3) is 0 Å². The van der Waals surface area contributed by atoms with E-state index < -0.39 is 12.0 Å². The zero-order valence-corrected chi connectivity index (χ0v) is 11.5. The normalized spacial score (nSPS) is 24.5. The van der Waals surface area contributed by atoms with Gasteiger partial charge in [0.15, 0.2) is 11.6 Å². The first-order chi connectivity index (χ1) is 10.0. The largest absolute Gasteiger partial charge is 0.384 e. The fourth-order valence-corrected chi connectivity index (χ4v) is 2.86. The van der Waals surface area contributed by atoms with E-state index in [9.17, 15) is 19.5 Å². The molecule has 0 radical (unpaired) electrons. The van der Waals surface area contributed by atoms with Crippen molar-refractivity contribution in [2.75, 3.05) is 0 Å². The predicted molar refractivity (Wildman–Crippen MR) is 76.1 cm³/mol. The average Bonchev–Trinajstić information content (AvgIpc) is 2.64. The average molecular weight is 282 g/mol. The molecule has 0 aliphatic heterocycles. The van der Waals surface area contributed by atoms with Crippen molar-refractivity contribution in [1.29, 1.82) is 0 Å². The van der Waals surface area contributed by atoms with Crippen molar-refractivity contribution < 1.29 is 19.5 Å². The van der Waals surface area contributed by atoms with Gasteiger partial charge in [-0.25, -0.2) is 0 Å². The Morgan fingerprint density at radius 1 is 1.10 bits per heavy atom. The zero-order valence-electron chi connectivity index (χ0n) is 11.5. The van der Waals surface area contributed by atoms with Gasteiger partial charge in [0.25, 0.3) is 0 Å². The van der Waals surface area contributed by atoms with Gasteiger partial charge in [-0.05, 0) is 13.3 Å². The first-order valence-electron chi connectivity index (χ1n) is 6.79. The van der Waals surface area contributed by atoms with Crippen molar-refractivity contribution in [1.82, 2.24) is 0 Å². The van der Waals surface area contributed by atoms with Gasteiger partial charge in [0.2, 0.25) is 0 Å². The molecule has 1 aromatic rings. The molecule has 0 unspecified atom stereocenters. The van der Waals surface area contributed by atoms with E-state index in [0.717, 1.165) is 0 Å². The number of aliphatic hydroxyl groups is 1. The lowest BCUT2D eigenvalue weighted by molar-refractivity contribution is -0.119. The van der Waals surface area contributed by atoms with E-state index in [0.29, 0.717) is 11.1 Å². The summed E-state index contributed by atoms with van der Waals surface area (Å²) in [4.78, 5) is 36.8. The molecule has 2 aliphatic rings. The fourth-order valence-electron chi connectivity index (χ4n) is 2.86. The second kappa shape index (κ2) is 4.90. The Kier molecular flexibility index (Phi) is 3.18. The van der Waals surface area contributed by atoms with Crippen molar-refractivity contribution in [3.05, 3.63) is 58.7 Å². The number of carbonyl (C=O) groups is 3. The minimum Gasteiger partial charge on any atom is -0.384 e. The minimum absolute atomic E-state index is 0.0914. The molecular formula is C17H14O4. The standard InChI is InChI=1S/C17H14O4/c1-9(18)10-6-7-14(19)15-13(8-10)16(20)11-4-2-3-5-12(11)17(15)21/h2-7,10,14,19H,8H2,1H3/t10-,14-/m0/s1. The van der Waals surface area contributed by atoms with Gasteiger partial charge in [-0.2, -0.15) is 0 Å². The number of fused-ring (bicyclic) bond motifs is 1. The van der Waals surface area contributed by atoms with Gasteiger partial charge in [0.1, 0.15) is 11.9 Å². The van der Waals surface area contributed by atoms with Crippen LogP contribution >= 0.6 is 0 Å². The second-order valence-corrected chi connectivity index (χ2v) is 5.35. The summed E-state index contributed by atoms with van der Waals surface area (Å²) < 4.78 is 0. The van der Waals surface area contributed by atoms with Crippen LogP contribution in [0.2, 0.25) is 0 Å². The molecule has 2 aliphatic carbocycles. The van der Waals surface area contributed by atoms with Gasteiger partial charge in [-0.3, -0.25) is 14.4 Å². The van der Waals surface area contributed by atoms with Crippen LogP contribution in [0.15, 0.2) is 47.6 Å². The van der Waals surface area contributed by atoms with E-state index in [1.165, 1.54) is 13.0 Å². The van der Waals surface area contributed by atoms with E-state index in [4.69, 9.17) is 0 Å². The third-order valence-corrected chi connectivity index (χ3v) is 4.03. The van der Waals surface area contributed by atoms with Crippen molar-refractivity contribution in [3.8, 4) is 0 Å². The molecule has 0 saturated carbocycles. The number of rotatable bonds is 1. The number of allylic oxidation sites excluding steroid dienone is 2. The maximum absolute atomic E-state index is 12.6. The number of Topliss-reactive ketones (excluding diaryl/α,β-unsaturated/α-hetero) is 3. The van der Waals surface area contributed by atoms with Gasteiger partial charge < -0.3 is 5.11 Å². The van der Waals surface area contributed by atoms with Crippen molar-refractivity contribution >= 4 is 17.3 Å². The van der Waals surface area contributed by atoms with Crippen LogP contribution in [0.3, 0.4) is 0 Å². The van der Waals surface area contributed by atoms with Gasteiger partial charge in [-0.1, -0.05) is 36.4 Å². The molecule has 4 heteroatoms. The van der Waals surface area contributed by atoms with Crippen molar-refractivity contribution in [2.24, 2.45) is 5.92 Å². The SMILES string of the molecule is CC(=O)[C@H]1C=C[C@H](O)C2=C(C1)C(=O)c1ccccc1C2=O. The third kappa shape index (κ3) is 2.08. The summed E-state index contributed by atoms with van der Waals surface area (Å²) in [6.45, 7) is 1.44. The molecule has 0 aromatic heterocycles.